The molecule has 0 fully saturated rings. The van der Waals surface area contributed by atoms with Crippen molar-refractivity contribution in [1.82, 2.24) is 4.57 Å². The smallest absolute Gasteiger partial charge is 0.243 e. The highest BCUT2D eigenvalue weighted by Crippen LogP contribution is 2.09. The van der Waals surface area contributed by atoms with E-state index in [1.54, 1.807) is 0 Å². The fourth-order valence-corrected chi connectivity index (χ4v) is 1.58. The molecular formula is C12H16N3+. The number of aromatic nitrogens is 2. The Morgan fingerprint density at radius 3 is 2.53 bits per heavy atom. The fraction of sp³-hybridized carbons (Fsp3) is 0.250. The molecule has 15 heavy (non-hydrogen) atoms. The molecule has 0 aliphatic rings. The number of hydrogen-bond donors (Lipinski definition) is 1. The molecule has 1 aromatic heterocycles. The number of rotatable bonds is 3. The Kier molecular flexibility index (Phi) is 2.72. The summed E-state index contributed by atoms with van der Waals surface area (Å²) < 4.78 is 4.20. The number of benzene rings is 1. The zero-order chi connectivity index (χ0) is 10.7. The molecule has 0 radical (unpaired) electrons. The molecule has 0 atom stereocenters. The van der Waals surface area contributed by atoms with Gasteiger partial charge < -0.3 is 5.32 Å². The molecule has 3 heteroatoms. The molecule has 0 bridgehead atoms. The van der Waals surface area contributed by atoms with Crippen LogP contribution in [0, 0.1) is 0 Å². The molecule has 0 spiro atoms. The zero-order valence-corrected chi connectivity index (χ0v) is 9.14. The average Bonchev–Trinajstić information content (AvgIpc) is 2.65. The van der Waals surface area contributed by atoms with Crippen molar-refractivity contribution in [3.8, 4) is 0 Å². The number of aryl methyl sites for hydroxylation is 1. The van der Waals surface area contributed by atoms with Crippen LogP contribution < -0.4 is 9.88 Å². The van der Waals surface area contributed by atoms with Gasteiger partial charge in [-0.25, -0.2) is 9.13 Å². The van der Waals surface area contributed by atoms with Crippen LogP contribution in [0.3, 0.4) is 0 Å². The van der Waals surface area contributed by atoms with Crippen LogP contribution in [0.1, 0.15) is 5.56 Å². The highest BCUT2D eigenvalue weighted by Gasteiger charge is 2.01. The molecule has 0 saturated carbocycles. The predicted molar refractivity (Wildman–Crippen MR) is 60.7 cm³/mol. The van der Waals surface area contributed by atoms with E-state index in [2.05, 4.69) is 46.7 Å². The predicted octanol–water partition coefficient (Wildman–Crippen LogP) is 1.40. The van der Waals surface area contributed by atoms with Crippen molar-refractivity contribution in [3.05, 3.63) is 48.5 Å². The van der Waals surface area contributed by atoms with Crippen molar-refractivity contribution in [3.63, 3.8) is 0 Å². The lowest BCUT2D eigenvalue weighted by Gasteiger charge is -2.01. The van der Waals surface area contributed by atoms with Gasteiger partial charge >= 0.3 is 0 Å². The van der Waals surface area contributed by atoms with Crippen molar-refractivity contribution in [2.24, 2.45) is 7.05 Å². The van der Waals surface area contributed by atoms with Crippen LogP contribution in [0.5, 0.6) is 0 Å². The van der Waals surface area contributed by atoms with E-state index in [1.807, 2.05) is 24.9 Å². The lowest BCUT2D eigenvalue weighted by Crippen LogP contribution is -2.23. The molecule has 0 aliphatic heterocycles. The Labute approximate surface area is 90.0 Å². The molecule has 1 N–H and O–H groups in total. The molecule has 0 amide bonds. The number of hydrogen-bond acceptors (Lipinski definition) is 1. The maximum Gasteiger partial charge on any atom is 0.243 e. The van der Waals surface area contributed by atoms with E-state index in [-0.39, 0.29) is 0 Å². The third-order valence-corrected chi connectivity index (χ3v) is 2.43. The first-order valence-corrected chi connectivity index (χ1v) is 5.05. The quantitative estimate of drug-likeness (QED) is 0.746. The van der Waals surface area contributed by atoms with Gasteiger partial charge in [0.15, 0.2) is 0 Å². The number of nitrogens with one attached hydrogen (secondary N) is 1. The Bertz CT molecular complexity index is 428. The largest absolute Gasteiger partial charge is 0.388 e. The minimum Gasteiger partial charge on any atom is -0.388 e. The first-order valence-electron chi connectivity index (χ1n) is 5.05. The third-order valence-electron chi connectivity index (χ3n) is 2.43. The van der Waals surface area contributed by atoms with Gasteiger partial charge in [-0.15, -0.1) is 0 Å². The third kappa shape index (κ3) is 2.37. The minimum absolute atomic E-state index is 0.921. The Balaban J connectivity index is 2.11. The lowest BCUT2D eigenvalue weighted by molar-refractivity contribution is -0.671. The van der Waals surface area contributed by atoms with Gasteiger partial charge in [-0.05, 0) is 17.7 Å². The molecule has 1 aromatic carbocycles. The van der Waals surface area contributed by atoms with Crippen LogP contribution in [-0.4, -0.2) is 11.6 Å². The van der Waals surface area contributed by atoms with Gasteiger partial charge in [0.2, 0.25) is 6.33 Å². The Morgan fingerprint density at radius 1 is 1.27 bits per heavy atom. The van der Waals surface area contributed by atoms with Crippen LogP contribution in [0.4, 0.5) is 5.69 Å². The van der Waals surface area contributed by atoms with E-state index in [0.717, 1.165) is 12.2 Å². The summed E-state index contributed by atoms with van der Waals surface area (Å²) in [6.07, 6.45) is 6.19. The standard InChI is InChI=1S/C12H16N3/c1-13-12-5-3-11(4-6-12)9-15-8-7-14(2)10-15/h3-8,10,13H,9H2,1-2H3/q+1. The van der Waals surface area contributed by atoms with Crippen molar-refractivity contribution in [2.75, 3.05) is 12.4 Å². The molecule has 0 aliphatic carbocycles. The molecule has 1 heterocycles. The van der Waals surface area contributed by atoms with Gasteiger partial charge in [0.1, 0.15) is 18.9 Å². The molecule has 0 unspecified atom stereocenters. The SMILES string of the molecule is CNc1ccc(Cn2cc[n+](C)c2)cc1. The van der Waals surface area contributed by atoms with E-state index in [9.17, 15) is 0 Å². The van der Waals surface area contributed by atoms with Crippen molar-refractivity contribution < 1.29 is 4.57 Å². The maximum absolute atomic E-state index is 3.11. The van der Waals surface area contributed by atoms with Gasteiger partial charge in [-0.3, -0.25) is 0 Å². The van der Waals surface area contributed by atoms with E-state index in [1.165, 1.54) is 5.56 Å². The van der Waals surface area contributed by atoms with Crippen molar-refractivity contribution in [1.29, 1.82) is 0 Å². The zero-order valence-electron chi connectivity index (χ0n) is 9.14. The van der Waals surface area contributed by atoms with Gasteiger partial charge in [-0.2, -0.15) is 0 Å². The van der Waals surface area contributed by atoms with Crippen LogP contribution in [0.2, 0.25) is 0 Å². The lowest BCUT2D eigenvalue weighted by atomic mass is 10.2. The van der Waals surface area contributed by atoms with Crippen LogP contribution in [0.25, 0.3) is 0 Å². The summed E-state index contributed by atoms with van der Waals surface area (Å²) in [5, 5.41) is 3.11. The second-order valence-corrected chi connectivity index (χ2v) is 3.70. The fourth-order valence-electron chi connectivity index (χ4n) is 1.58. The molecule has 78 valence electrons. The van der Waals surface area contributed by atoms with E-state index in [0.29, 0.717) is 0 Å². The highest BCUT2D eigenvalue weighted by atomic mass is 15.1. The monoisotopic (exact) mass is 202 g/mol. The summed E-state index contributed by atoms with van der Waals surface area (Å²) in [5.74, 6) is 0. The topological polar surface area (TPSA) is 20.8 Å². The summed E-state index contributed by atoms with van der Waals surface area (Å²) >= 11 is 0. The summed E-state index contributed by atoms with van der Waals surface area (Å²) in [6.45, 7) is 0.921. The first-order chi connectivity index (χ1) is 7.28. The molecule has 2 aromatic rings. The minimum atomic E-state index is 0.921. The summed E-state index contributed by atoms with van der Waals surface area (Å²) in [4.78, 5) is 0. The van der Waals surface area contributed by atoms with Crippen LogP contribution in [0.15, 0.2) is 43.0 Å². The highest BCUT2D eigenvalue weighted by molar-refractivity contribution is 5.43. The van der Waals surface area contributed by atoms with Crippen LogP contribution in [-0.2, 0) is 13.6 Å². The van der Waals surface area contributed by atoms with Crippen molar-refractivity contribution >= 4 is 5.69 Å². The summed E-state index contributed by atoms with van der Waals surface area (Å²) in [5.41, 5.74) is 2.46. The van der Waals surface area contributed by atoms with Gasteiger partial charge in [0.25, 0.3) is 0 Å². The second kappa shape index (κ2) is 4.17. The number of imidazole rings is 1. The average molecular weight is 202 g/mol. The van der Waals surface area contributed by atoms with Crippen LogP contribution >= 0.6 is 0 Å². The summed E-state index contributed by atoms with van der Waals surface area (Å²) in [6, 6.07) is 8.48. The number of anilines is 1. The molecular weight excluding hydrogens is 186 g/mol. The van der Waals surface area contributed by atoms with E-state index >= 15 is 0 Å². The molecule has 0 saturated heterocycles. The first kappa shape index (κ1) is 9.77. The second-order valence-electron chi connectivity index (χ2n) is 3.70. The normalized spacial score (nSPS) is 10.3. The van der Waals surface area contributed by atoms with Gasteiger partial charge in [0.05, 0.1) is 7.05 Å². The Hall–Kier alpha value is -1.77. The Morgan fingerprint density at radius 2 is 2.00 bits per heavy atom. The van der Waals surface area contributed by atoms with Gasteiger partial charge in [-0.1, -0.05) is 12.1 Å². The van der Waals surface area contributed by atoms with Crippen molar-refractivity contribution in [2.45, 2.75) is 6.54 Å². The van der Waals surface area contributed by atoms with E-state index in [4.69, 9.17) is 0 Å². The van der Waals surface area contributed by atoms with E-state index < -0.39 is 0 Å². The maximum atomic E-state index is 3.11. The molecule has 3 nitrogen and oxygen atoms in total. The molecule has 2 rings (SSSR count). The van der Waals surface area contributed by atoms with Gasteiger partial charge in [0, 0.05) is 12.7 Å². The number of nitrogens with zero attached hydrogens (tertiary/aromatic N) is 2. The summed E-state index contributed by atoms with van der Waals surface area (Å²) in [7, 11) is 3.96.